The maximum atomic E-state index is 12.1. The molecule has 6 heteroatoms. The molecule has 0 radical (unpaired) electrons. The van der Waals surface area contributed by atoms with Crippen LogP contribution in [0.3, 0.4) is 0 Å². The molecule has 2 heterocycles. The van der Waals surface area contributed by atoms with Gasteiger partial charge in [0, 0.05) is 13.6 Å². The first kappa shape index (κ1) is 13.0. The highest BCUT2D eigenvalue weighted by Crippen LogP contribution is 2.21. The van der Waals surface area contributed by atoms with Gasteiger partial charge in [-0.2, -0.15) is 0 Å². The van der Waals surface area contributed by atoms with Crippen molar-refractivity contribution in [2.24, 2.45) is 0 Å². The zero-order chi connectivity index (χ0) is 13.1. The van der Waals surface area contributed by atoms with Gasteiger partial charge >= 0.3 is 0 Å². The van der Waals surface area contributed by atoms with Crippen molar-refractivity contribution in [1.82, 2.24) is 9.88 Å². The van der Waals surface area contributed by atoms with E-state index in [0.29, 0.717) is 17.9 Å². The number of amides is 1. The number of aromatic nitrogens is 1. The average molecular weight is 326 g/mol. The number of nitrogens with zero attached hydrogens (tertiary/aromatic N) is 2. The third kappa shape index (κ3) is 3.08. The van der Waals surface area contributed by atoms with Crippen LogP contribution in [-0.2, 0) is 6.54 Å². The summed E-state index contributed by atoms with van der Waals surface area (Å²) in [6.45, 7) is 0.562. The fraction of sp³-hybridized carbons (Fsp3) is 0.167. The number of rotatable bonds is 3. The number of hydrogen-bond acceptors (Lipinski definition) is 4. The SMILES string of the molecule is CN(Cc1csc(Br)c1)C(=O)c1ccc(N)cn1. The van der Waals surface area contributed by atoms with Crippen LogP contribution in [0.15, 0.2) is 33.6 Å². The third-order valence-corrected chi connectivity index (χ3v) is 3.95. The lowest BCUT2D eigenvalue weighted by Gasteiger charge is -2.15. The van der Waals surface area contributed by atoms with E-state index in [1.807, 2.05) is 11.4 Å². The Morgan fingerprint density at radius 3 is 2.89 bits per heavy atom. The Morgan fingerprint density at radius 2 is 2.33 bits per heavy atom. The normalized spacial score (nSPS) is 10.3. The molecule has 2 N–H and O–H groups in total. The molecule has 0 aliphatic carbocycles. The molecule has 0 saturated carbocycles. The number of nitrogens with two attached hydrogens (primary N) is 1. The van der Waals surface area contributed by atoms with Gasteiger partial charge in [0.2, 0.25) is 0 Å². The molecule has 0 aliphatic rings. The molecule has 2 aromatic heterocycles. The molecular formula is C12H12BrN3OS. The van der Waals surface area contributed by atoms with Gasteiger partial charge in [0.05, 0.1) is 15.7 Å². The number of anilines is 1. The standard InChI is InChI=1S/C12H12BrN3OS/c1-16(6-8-4-11(13)18-7-8)12(17)10-3-2-9(14)5-15-10/h2-5,7H,6,14H2,1H3. The Hall–Kier alpha value is -1.40. The average Bonchev–Trinajstić information content (AvgIpc) is 2.75. The van der Waals surface area contributed by atoms with Gasteiger partial charge in [-0.05, 0) is 45.1 Å². The monoisotopic (exact) mass is 325 g/mol. The molecule has 0 unspecified atom stereocenters. The van der Waals surface area contributed by atoms with Gasteiger partial charge in [0.1, 0.15) is 5.69 Å². The summed E-state index contributed by atoms with van der Waals surface area (Å²) in [4.78, 5) is 17.7. The molecule has 4 nitrogen and oxygen atoms in total. The summed E-state index contributed by atoms with van der Waals surface area (Å²) in [6.07, 6.45) is 1.49. The summed E-state index contributed by atoms with van der Waals surface area (Å²) in [5.41, 5.74) is 7.59. The highest BCUT2D eigenvalue weighted by Gasteiger charge is 2.13. The lowest BCUT2D eigenvalue weighted by atomic mass is 10.2. The van der Waals surface area contributed by atoms with Crippen molar-refractivity contribution in [2.45, 2.75) is 6.54 Å². The maximum absolute atomic E-state index is 12.1. The van der Waals surface area contributed by atoms with E-state index in [0.717, 1.165) is 9.35 Å². The van der Waals surface area contributed by atoms with Crippen LogP contribution in [0.2, 0.25) is 0 Å². The topological polar surface area (TPSA) is 59.2 Å². The number of halogens is 1. The zero-order valence-corrected chi connectivity index (χ0v) is 12.2. The Balaban J connectivity index is 2.07. The highest BCUT2D eigenvalue weighted by molar-refractivity contribution is 9.11. The number of hydrogen-bond donors (Lipinski definition) is 1. The molecule has 0 aromatic carbocycles. The maximum Gasteiger partial charge on any atom is 0.272 e. The van der Waals surface area contributed by atoms with Crippen molar-refractivity contribution >= 4 is 38.9 Å². The number of carbonyl (C=O) groups excluding carboxylic acids is 1. The molecule has 0 aliphatic heterocycles. The lowest BCUT2D eigenvalue weighted by molar-refractivity contribution is 0.0779. The van der Waals surface area contributed by atoms with E-state index in [2.05, 4.69) is 20.9 Å². The first-order chi connectivity index (χ1) is 8.56. The lowest BCUT2D eigenvalue weighted by Crippen LogP contribution is -2.26. The van der Waals surface area contributed by atoms with Crippen LogP contribution in [0.25, 0.3) is 0 Å². The summed E-state index contributed by atoms with van der Waals surface area (Å²) in [5.74, 6) is -0.114. The Bertz CT molecular complexity index is 553. The summed E-state index contributed by atoms with van der Waals surface area (Å²) >= 11 is 5.00. The van der Waals surface area contributed by atoms with E-state index in [-0.39, 0.29) is 5.91 Å². The molecule has 2 aromatic rings. The molecular weight excluding hydrogens is 314 g/mol. The second-order valence-electron chi connectivity index (χ2n) is 3.90. The molecule has 2 rings (SSSR count). The summed E-state index contributed by atoms with van der Waals surface area (Å²) in [6, 6.07) is 5.32. The Kier molecular flexibility index (Phi) is 3.98. The fourth-order valence-corrected chi connectivity index (χ4v) is 2.70. The van der Waals surface area contributed by atoms with E-state index in [9.17, 15) is 4.79 Å². The quantitative estimate of drug-likeness (QED) is 0.943. The number of nitrogen functional groups attached to an aromatic ring is 1. The summed E-state index contributed by atoms with van der Waals surface area (Å²) < 4.78 is 1.06. The minimum Gasteiger partial charge on any atom is -0.397 e. The van der Waals surface area contributed by atoms with Gasteiger partial charge < -0.3 is 10.6 Å². The molecule has 0 atom stereocenters. The summed E-state index contributed by atoms with van der Waals surface area (Å²) in [7, 11) is 1.76. The van der Waals surface area contributed by atoms with Gasteiger partial charge in [-0.25, -0.2) is 4.98 Å². The number of carbonyl (C=O) groups is 1. The van der Waals surface area contributed by atoms with Crippen LogP contribution < -0.4 is 5.73 Å². The van der Waals surface area contributed by atoms with E-state index in [1.54, 1.807) is 35.4 Å². The van der Waals surface area contributed by atoms with Crippen molar-refractivity contribution in [1.29, 1.82) is 0 Å². The van der Waals surface area contributed by atoms with Crippen molar-refractivity contribution in [3.8, 4) is 0 Å². The predicted molar refractivity (Wildman–Crippen MR) is 76.5 cm³/mol. The molecule has 0 fully saturated rings. The Labute approximate surface area is 118 Å². The van der Waals surface area contributed by atoms with Crippen LogP contribution in [0.5, 0.6) is 0 Å². The van der Waals surface area contributed by atoms with Crippen LogP contribution in [0.4, 0.5) is 5.69 Å². The Morgan fingerprint density at radius 1 is 1.56 bits per heavy atom. The van der Waals surface area contributed by atoms with Crippen molar-refractivity contribution < 1.29 is 4.79 Å². The van der Waals surface area contributed by atoms with Crippen LogP contribution in [0.1, 0.15) is 16.1 Å². The second-order valence-corrected chi connectivity index (χ2v) is 6.19. The summed E-state index contributed by atoms with van der Waals surface area (Å²) in [5, 5.41) is 2.02. The molecule has 1 amide bonds. The van der Waals surface area contributed by atoms with Crippen molar-refractivity contribution in [3.63, 3.8) is 0 Å². The van der Waals surface area contributed by atoms with Crippen LogP contribution >= 0.6 is 27.3 Å². The molecule has 0 spiro atoms. The van der Waals surface area contributed by atoms with E-state index < -0.39 is 0 Å². The van der Waals surface area contributed by atoms with Gasteiger partial charge in [-0.3, -0.25) is 4.79 Å². The molecule has 94 valence electrons. The number of pyridine rings is 1. The van der Waals surface area contributed by atoms with Gasteiger partial charge in [-0.15, -0.1) is 11.3 Å². The van der Waals surface area contributed by atoms with Crippen molar-refractivity contribution in [2.75, 3.05) is 12.8 Å². The first-order valence-corrected chi connectivity index (χ1v) is 6.93. The second kappa shape index (κ2) is 5.49. The molecule has 0 bridgehead atoms. The minimum atomic E-state index is -0.114. The predicted octanol–water partition coefficient (Wildman–Crippen LogP) is 2.76. The van der Waals surface area contributed by atoms with E-state index in [4.69, 9.17) is 5.73 Å². The van der Waals surface area contributed by atoms with Gasteiger partial charge in [0.25, 0.3) is 5.91 Å². The highest BCUT2D eigenvalue weighted by atomic mass is 79.9. The van der Waals surface area contributed by atoms with Crippen LogP contribution in [-0.4, -0.2) is 22.8 Å². The zero-order valence-electron chi connectivity index (χ0n) is 9.76. The van der Waals surface area contributed by atoms with Crippen LogP contribution in [0, 0.1) is 0 Å². The first-order valence-electron chi connectivity index (χ1n) is 5.26. The van der Waals surface area contributed by atoms with E-state index >= 15 is 0 Å². The fourth-order valence-electron chi connectivity index (χ4n) is 1.50. The van der Waals surface area contributed by atoms with Crippen molar-refractivity contribution in [3.05, 3.63) is 44.8 Å². The van der Waals surface area contributed by atoms with Gasteiger partial charge in [0.15, 0.2) is 0 Å². The molecule has 0 saturated heterocycles. The van der Waals surface area contributed by atoms with Gasteiger partial charge in [-0.1, -0.05) is 0 Å². The van der Waals surface area contributed by atoms with E-state index in [1.165, 1.54) is 6.20 Å². The largest absolute Gasteiger partial charge is 0.397 e. The third-order valence-electron chi connectivity index (χ3n) is 2.39. The number of thiophene rings is 1. The molecule has 18 heavy (non-hydrogen) atoms. The smallest absolute Gasteiger partial charge is 0.272 e. The minimum absolute atomic E-state index is 0.114.